The lowest BCUT2D eigenvalue weighted by atomic mass is 10.1. The minimum atomic E-state index is -0.972. The number of fused-ring (bicyclic) bond motifs is 1. The molecule has 7 nitrogen and oxygen atoms in total. The molecule has 1 saturated heterocycles. The second-order valence-corrected chi connectivity index (χ2v) is 6.33. The number of nitrogens with one attached hydrogen (secondary N) is 1. The van der Waals surface area contributed by atoms with Gasteiger partial charge in [-0.1, -0.05) is 6.07 Å². The molecule has 2 fully saturated rings. The molecule has 2 aromatic heterocycles. The van der Waals surface area contributed by atoms with E-state index in [2.05, 4.69) is 22.6 Å². The predicted molar refractivity (Wildman–Crippen MR) is 83.5 cm³/mol. The number of nitrogens with zero attached hydrogens (tertiary/aromatic N) is 3. The van der Waals surface area contributed by atoms with E-state index in [0.717, 1.165) is 5.65 Å². The molecule has 0 spiro atoms. The molecular weight excluding hydrogens is 296 g/mol. The molecule has 0 aromatic carbocycles. The lowest BCUT2D eigenvalue weighted by molar-refractivity contribution is -0.119. The van der Waals surface area contributed by atoms with Crippen LogP contribution in [0.2, 0.25) is 0 Å². The van der Waals surface area contributed by atoms with Crippen LogP contribution < -0.4 is 5.32 Å². The first-order chi connectivity index (χ1) is 11.1. The van der Waals surface area contributed by atoms with Gasteiger partial charge >= 0.3 is 6.09 Å². The minimum Gasteiger partial charge on any atom is -0.465 e. The third-order valence-corrected chi connectivity index (χ3v) is 4.60. The Bertz CT molecular complexity index is 781. The number of hydrogen-bond donors (Lipinski definition) is 2. The Kier molecular flexibility index (Phi) is 3.21. The van der Waals surface area contributed by atoms with Gasteiger partial charge in [-0.3, -0.25) is 4.79 Å². The summed E-state index contributed by atoms with van der Waals surface area (Å²) in [6.07, 6.45) is 5.94. The van der Waals surface area contributed by atoms with Gasteiger partial charge in [0.25, 0.3) is 0 Å². The normalized spacial score (nSPS) is 20.9. The van der Waals surface area contributed by atoms with Crippen molar-refractivity contribution in [3.8, 4) is 0 Å². The second-order valence-electron chi connectivity index (χ2n) is 6.33. The van der Waals surface area contributed by atoms with Crippen LogP contribution in [0.3, 0.4) is 0 Å². The first-order valence-corrected chi connectivity index (χ1v) is 7.87. The second kappa shape index (κ2) is 5.26. The predicted octanol–water partition coefficient (Wildman–Crippen LogP) is 2.15. The minimum absolute atomic E-state index is 0.167. The number of carbonyl (C=O) groups is 2. The maximum Gasteiger partial charge on any atom is 0.407 e. The maximum atomic E-state index is 12.3. The molecule has 120 valence electrons. The van der Waals surface area contributed by atoms with Crippen LogP contribution in [0.5, 0.6) is 0 Å². The van der Waals surface area contributed by atoms with E-state index in [0.29, 0.717) is 24.7 Å². The Morgan fingerprint density at radius 3 is 2.74 bits per heavy atom. The number of amides is 2. The molecule has 7 heteroatoms. The van der Waals surface area contributed by atoms with Gasteiger partial charge in [-0.25, -0.2) is 9.78 Å². The first-order valence-electron chi connectivity index (χ1n) is 7.87. The Labute approximate surface area is 132 Å². The van der Waals surface area contributed by atoms with Crippen LogP contribution in [0, 0.1) is 5.92 Å². The fraction of sp³-hybridized carbons (Fsp3) is 0.438. The van der Waals surface area contributed by atoms with Crippen LogP contribution in [-0.4, -0.2) is 44.5 Å². The van der Waals surface area contributed by atoms with Gasteiger partial charge in [0.1, 0.15) is 5.65 Å². The number of aromatic nitrogens is 2. The number of carboxylic acid groups (broad SMARTS) is 1. The SMILES string of the molecule is O=C(Nc1cn2cc(C3CC3)ccc2n1)C1CCN(C(=O)O)C1. The molecule has 4 rings (SSSR count). The average Bonchev–Trinajstić information content (AvgIpc) is 3.10. The van der Waals surface area contributed by atoms with Crippen molar-refractivity contribution in [3.05, 3.63) is 30.1 Å². The third-order valence-electron chi connectivity index (χ3n) is 4.60. The summed E-state index contributed by atoms with van der Waals surface area (Å²) in [7, 11) is 0. The number of likely N-dealkylation sites (tertiary alicyclic amines) is 1. The zero-order valence-corrected chi connectivity index (χ0v) is 12.6. The summed E-state index contributed by atoms with van der Waals surface area (Å²) in [5.41, 5.74) is 2.10. The highest BCUT2D eigenvalue weighted by Crippen LogP contribution is 2.39. The molecule has 1 atom stereocenters. The van der Waals surface area contributed by atoms with Crippen LogP contribution in [0.15, 0.2) is 24.5 Å². The van der Waals surface area contributed by atoms with Crippen molar-refractivity contribution in [1.82, 2.24) is 14.3 Å². The van der Waals surface area contributed by atoms with E-state index in [-0.39, 0.29) is 18.4 Å². The van der Waals surface area contributed by atoms with E-state index in [1.165, 1.54) is 23.3 Å². The number of rotatable bonds is 3. The molecule has 2 aliphatic rings. The highest BCUT2D eigenvalue weighted by atomic mass is 16.4. The summed E-state index contributed by atoms with van der Waals surface area (Å²) >= 11 is 0. The largest absolute Gasteiger partial charge is 0.465 e. The highest BCUT2D eigenvalue weighted by Gasteiger charge is 2.31. The standard InChI is InChI=1S/C16H18N4O3/c21-15(12-5-6-19(8-12)16(22)23)18-13-9-20-7-11(10-1-2-10)3-4-14(20)17-13/h3-4,7,9-10,12H,1-2,5-6,8H2,(H,18,21)(H,22,23). The summed E-state index contributed by atoms with van der Waals surface area (Å²) < 4.78 is 1.93. The van der Waals surface area contributed by atoms with Crippen LogP contribution in [0.1, 0.15) is 30.7 Å². The molecule has 23 heavy (non-hydrogen) atoms. The molecule has 2 amide bonds. The van der Waals surface area contributed by atoms with Crippen molar-refractivity contribution in [2.75, 3.05) is 18.4 Å². The number of imidazole rings is 1. The van der Waals surface area contributed by atoms with Crippen molar-refractivity contribution in [2.45, 2.75) is 25.2 Å². The Morgan fingerprint density at radius 2 is 2.04 bits per heavy atom. The van der Waals surface area contributed by atoms with E-state index in [1.54, 1.807) is 0 Å². The Morgan fingerprint density at radius 1 is 1.22 bits per heavy atom. The summed E-state index contributed by atoms with van der Waals surface area (Å²) in [6, 6.07) is 4.05. The average molecular weight is 314 g/mol. The highest BCUT2D eigenvalue weighted by molar-refractivity contribution is 5.92. The van der Waals surface area contributed by atoms with E-state index in [9.17, 15) is 9.59 Å². The van der Waals surface area contributed by atoms with E-state index >= 15 is 0 Å². The van der Waals surface area contributed by atoms with Gasteiger partial charge in [-0.2, -0.15) is 0 Å². The smallest absolute Gasteiger partial charge is 0.407 e. The van der Waals surface area contributed by atoms with Gasteiger partial charge in [0, 0.05) is 19.3 Å². The van der Waals surface area contributed by atoms with Crippen molar-refractivity contribution in [3.63, 3.8) is 0 Å². The van der Waals surface area contributed by atoms with Crippen molar-refractivity contribution in [1.29, 1.82) is 0 Å². The summed E-state index contributed by atoms with van der Waals surface area (Å²) in [6.45, 7) is 0.656. The zero-order chi connectivity index (χ0) is 16.0. The van der Waals surface area contributed by atoms with Crippen LogP contribution in [0.4, 0.5) is 10.6 Å². The van der Waals surface area contributed by atoms with Gasteiger partial charge in [0.15, 0.2) is 5.82 Å². The number of anilines is 1. The molecule has 1 unspecified atom stereocenters. The third kappa shape index (κ3) is 2.74. The summed E-state index contributed by atoms with van der Waals surface area (Å²) in [4.78, 5) is 28.9. The lowest BCUT2D eigenvalue weighted by Gasteiger charge is -2.11. The Balaban J connectivity index is 1.47. The fourth-order valence-corrected chi connectivity index (χ4v) is 3.10. The lowest BCUT2D eigenvalue weighted by Crippen LogP contribution is -2.30. The molecule has 1 aliphatic heterocycles. The summed E-state index contributed by atoms with van der Waals surface area (Å²) in [5.74, 6) is 0.703. The Hall–Kier alpha value is -2.57. The van der Waals surface area contributed by atoms with E-state index < -0.39 is 6.09 Å². The van der Waals surface area contributed by atoms with Gasteiger partial charge in [-0.15, -0.1) is 0 Å². The number of hydrogen-bond acceptors (Lipinski definition) is 3. The van der Waals surface area contributed by atoms with Crippen LogP contribution in [0.25, 0.3) is 5.65 Å². The fourth-order valence-electron chi connectivity index (χ4n) is 3.10. The molecule has 0 radical (unpaired) electrons. The molecule has 3 heterocycles. The molecule has 0 bridgehead atoms. The van der Waals surface area contributed by atoms with Gasteiger partial charge in [0.05, 0.1) is 12.1 Å². The molecule has 1 saturated carbocycles. The van der Waals surface area contributed by atoms with Gasteiger partial charge in [-0.05, 0) is 36.8 Å². The number of carbonyl (C=O) groups excluding carboxylic acids is 1. The molecule has 2 N–H and O–H groups in total. The van der Waals surface area contributed by atoms with Crippen LogP contribution in [-0.2, 0) is 4.79 Å². The van der Waals surface area contributed by atoms with Crippen molar-refractivity contribution >= 4 is 23.5 Å². The first kappa shape index (κ1) is 14.0. The van der Waals surface area contributed by atoms with E-state index in [1.807, 2.05) is 16.7 Å². The molecule has 1 aliphatic carbocycles. The van der Waals surface area contributed by atoms with Crippen LogP contribution >= 0.6 is 0 Å². The van der Waals surface area contributed by atoms with Crippen molar-refractivity contribution in [2.24, 2.45) is 5.92 Å². The zero-order valence-electron chi connectivity index (χ0n) is 12.6. The van der Waals surface area contributed by atoms with Crippen molar-refractivity contribution < 1.29 is 14.7 Å². The van der Waals surface area contributed by atoms with Gasteiger partial charge < -0.3 is 19.7 Å². The monoisotopic (exact) mass is 314 g/mol. The topological polar surface area (TPSA) is 86.9 Å². The number of pyridine rings is 1. The van der Waals surface area contributed by atoms with E-state index in [4.69, 9.17) is 5.11 Å². The maximum absolute atomic E-state index is 12.3. The molecule has 2 aromatic rings. The summed E-state index contributed by atoms with van der Waals surface area (Å²) in [5, 5.41) is 11.8. The van der Waals surface area contributed by atoms with Gasteiger partial charge in [0.2, 0.25) is 5.91 Å². The molecular formula is C16H18N4O3. The quantitative estimate of drug-likeness (QED) is 0.909.